The molecule has 8 nitrogen and oxygen atoms in total. The maximum atomic E-state index is 12.1. The van der Waals surface area contributed by atoms with Gasteiger partial charge in [0, 0.05) is 12.6 Å². The molecule has 0 bridgehead atoms. The van der Waals surface area contributed by atoms with Crippen molar-refractivity contribution in [3.05, 3.63) is 30.2 Å². The van der Waals surface area contributed by atoms with Crippen molar-refractivity contribution in [2.75, 3.05) is 12.3 Å². The smallest absolute Gasteiger partial charge is 0.339 e. The summed E-state index contributed by atoms with van der Waals surface area (Å²) in [6.07, 6.45) is 3.22. The van der Waals surface area contributed by atoms with Gasteiger partial charge in [0.1, 0.15) is 29.0 Å². The maximum absolute atomic E-state index is 12.1. The van der Waals surface area contributed by atoms with E-state index in [4.69, 9.17) is 5.73 Å². The van der Waals surface area contributed by atoms with Crippen molar-refractivity contribution >= 4 is 28.7 Å². The average Bonchev–Trinajstić information content (AvgIpc) is 3.13. The van der Waals surface area contributed by atoms with Gasteiger partial charge in [0.2, 0.25) is 5.91 Å². The first-order valence-corrected chi connectivity index (χ1v) is 8.14. The van der Waals surface area contributed by atoms with Crippen LogP contribution in [0.15, 0.2) is 19.0 Å². The molecule has 26 heavy (non-hydrogen) atoms. The molecule has 0 radical (unpaired) electrons. The molecule has 1 aliphatic rings. The van der Waals surface area contributed by atoms with E-state index in [9.17, 15) is 14.7 Å². The van der Waals surface area contributed by atoms with Crippen LogP contribution in [-0.4, -0.2) is 49.0 Å². The highest BCUT2D eigenvalue weighted by Gasteiger charge is 2.36. The van der Waals surface area contributed by atoms with Crippen LogP contribution in [0, 0.1) is 11.8 Å². The number of carbonyl (C=O) groups is 2. The van der Waals surface area contributed by atoms with Gasteiger partial charge in [-0.25, -0.2) is 14.8 Å². The Bertz CT molecular complexity index is 982. The highest BCUT2D eigenvalue weighted by molar-refractivity contribution is 6.09. The summed E-state index contributed by atoms with van der Waals surface area (Å²) in [5.41, 5.74) is 6.68. The molecule has 0 aliphatic carbocycles. The standard InChI is InChI=1S/C18H19N5O3/c1-4-6-12-14(18(25)26)15-16(19)20-9-21-17(15)23(12)11-7-10(3)22(8-11)13(24)5-2/h5,9-11H,2,7-8H2,1,3H3,(H,25,26)(H2,19,20,21)/t10-,11+/m0/s1. The zero-order chi connectivity index (χ0) is 19.0. The predicted octanol–water partition coefficient (Wildman–Crippen LogP) is 1.43. The van der Waals surface area contributed by atoms with Crippen LogP contribution >= 0.6 is 0 Å². The second kappa shape index (κ2) is 6.52. The first-order chi connectivity index (χ1) is 12.4. The molecule has 134 valence electrons. The molecule has 1 fully saturated rings. The van der Waals surface area contributed by atoms with Crippen LogP contribution in [0.4, 0.5) is 5.82 Å². The number of aromatic carboxylic acids is 1. The normalized spacial score (nSPS) is 19.2. The number of anilines is 1. The SMILES string of the molecule is C=CC(=O)N1C[C@H](n2c(C#CC)c(C(=O)O)c3c(N)ncnc32)C[C@@H]1C. The highest BCUT2D eigenvalue weighted by Crippen LogP contribution is 2.36. The molecule has 8 heteroatoms. The summed E-state index contributed by atoms with van der Waals surface area (Å²) in [5, 5.41) is 10.0. The number of nitrogens with two attached hydrogens (primary N) is 1. The number of rotatable bonds is 3. The van der Waals surface area contributed by atoms with Gasteiger partial charge in [-0.3, -0.25) is 4.79 Å². The Morgan fingerprint density at radius 3 is 2.81 bits per heavy atom. The van der Waals surface area contributed by atoms with E-state index in [0.29, 0.717) is 24.3 Å². The number of fused-ring (bicyclic) bond motifs is 1. The highest BCUT2D eigenvalue weighted by atomic mass is 16.4. The molecule has 0 saturated carbocycles. The van der Waals surface area contributed by atoms with Crippen molar-refractivity contribution < 1.29 is 14.7 Å². The molecule has 3 N–H and O–H groups in total. The summed E-state index contributed by atoms with van der Waals surface area (Å²) in [5.74, 6) is 4.43. The van der Waals surface area contributed by atoms with Crippen LogP contribution in [-0.2, 0) is 4.79 Å². The molecule has 2 aromatic rings. The van der Waals surface area contributed by atoms with E-state index in [2.05, 4.69) is 28.4 Å². The molecule has 1 saturated heterocycles. The number of carboxylic acid groups (broad SMARTS) is 1. The van der Waals surface area contributed by atoms with E-state index in [1.165, 1.54) is 12.4 Å². The number of carboxylic acids is 1. The minimum Gasteiger partial charge on any atom is -0.478 e. The molecule has 1 aliphatic heterocycles. The largest absolute Gasteiger partial charge is 0.478 e. The fraction of sp³-hybridized carbons (Fsp3) is 0.333. The number of carbonyl (C=O) groups excluding carboxylic acids is 1. The number of nitrogens with zero attached hydrogens (tertiary/aromatic N) is 4. The molecule has 3 heterocycles. The van der Waals surface area contributed by atoms with Crippen LogP contribution in [0.2, 0.25) is 0 Å². The topological polar surface area (TPSA) is 114 Å². The zero-order valence-electron chi connectivity index (χ0n) is 14.6. The summed E-state index contributed by atoms with van der Waals surface area (Å²) in [6, 6.07) is -0.188. The van der Waals surface area contributed by atoms with E-state index in [-0.39, 0.29) is 34.8 Å². The average molecular weight is 353 g/mol. The second-order valence-corrected chi connectivity index (χ2v) is 6.16. The van der Waals surface area contributed by atoms with E-state index in [1.54, 1.807) is 16.4 Å². The minimum absolute atomic E-state index is 0.00593. The van der Waals surface area contributed by atoms with E-state index >= 15 is 0 Å². The van der Waals surface area contributed by atoms with Gasteiger partial charge in [-0.2, -0.15) is 0 Å². The first kappa shape index (κ1) is 17.5. The number of nitrogen functional groups attached to an aromatic ring is 1. The molecular formula is C18H19N5O3. The third-order valence-corrected chi connectivity index (χ3v) is 4.65. The van der Waals surface area contributed by atoms with Gasteiger partial charge in [-0.15, -0.1) is 0 Å². The van der Waals surface area contributed by atoms with Crippen LogP contribution < -0.4 is 5.73 Å². The Labute approximate surface area is 150 Å². The van der Waals surface area contributed by atoms with E-state index < -0.39 is 5.97 Å². The Kier molecular flexibility index (Phi) is 4.38. The van der Waals surface area contributed by atoms with Gasteiger partial charge in [-0.05, 0) is 32.3 Å². The van der Waals surface area contributed by atoms with Crippen LogP contribution in [0.5, 0.6) is 0 Å². The van der Waals surface area contributed by atoms with Crippen molar-refractivity contribution in [1.82, 2.24) is 19.4 Å². The number of amides is 1. The quantitative estimate of drug-likeness (QED) is 0.637. The second-order valence-electron chi connectivity index (χ2n) is 6.16. The lowest BCUT2D eigenvalue weighted by Crippen LogP contribution is -2.32. The third kappa shape index (κ3) is 2.58. The molecule has 2 aromatic heterocycles. The summed E-state index contributed by atoms with van der Waals surface area (Å²) < 4.78 is 1.78. The van der Waals surface area contributed by atoms with Gasteiger partial charge < -0.3 is 20.3 Å². The molecule has 0 unspecified atom stereocenters. The molecular weight excluding hydrogens is 334 g/mol. The fourth-order valence-electron chi connectivity index (χ4n) is 3.58. The lowest BCUT2D eigenvalue weighted by atomic mass is 10.1. The number of likely N-dealkylation sites (tertiary alicyclic amines) is 1. The van der Waals surface area contributed by atoms with Crippen molar-refractivity contribution in [2.24, 2.45) is 0 Å². The summed E-state index contributed by atoms with van der Waals surface area (Å²) in [7, 11) is 0. The molecule has 2 atom stereocenters. The van der Waals surface area contributed by atoms with Gasteiger partial charge in [0.15, 0.2) is 0 Å². The van der Waals surface area contributed by atoms with E-state index in [0.717, 1.165) is 0 Å². The monoisotopic (exact) mass is 353 g/mol. The van der Waals surface area contributed by atoms with Gasteiger partial charge in [0.25, 0.3) is 0 Å². The number of hydrogen-bond acceptors (Lipinski definition) is 5. The van der Waals surface area contributed by atoms with Crippen LogP contribution in [0.1, 0.15) is 42.4 Å². The Morgan fingerprint density at radius 1 is 1.46 bits per heavy atom. The van der Waals surface area contributed by atoms with Crippen molar-refractivity contribution in [3.8, 4) is 11.8 Å². The molecule has 0 spiro atoms. The number of hydrogen-bond donors (Lipinski definition) is 2. The minimum atomic E-state index is -1.14. The van der Waals surface area contributed by atoms with Gasteiger partial charge in [-0.1, -0.05) is 12.5 Å². The molecule has 1 amide bonds. The maximum Gasteiger partial charge on any atom is 0.339 e. The van der Waals surface area contributed by atoms with E-state index in [1.807, 2.05) is 6.92 Å². The van der Waals surface area contributed by atoms with Gasteiger partial charge >= 0.3 is 5.97 Å². The van der Waals surface area contributed by atoms with Crippen LogP contribution in [0.25, 0.3) is 11.0 Å². The fourth-order valence-corrected chi connectivity index (χ4v) is 3.58. The number of aromatic nitrogens is 3. The predicted molar refractivity (Wildman–Crippen MR) is 96.5 cm³/mol. The summed E-state index contributed by atoms with van der Waals surface area (Å²) in [6.45, 7) is 7.53. The van der Waals surface area contributed by atoms with Crippen LogP contribution in [0.3, 0.4) is 0 Å². The van der Waals surface area contributed by atoms with Crippen molar-refractivity contribution in [3.63, 3.8) is 0 Å². The zero-order valence-corrected chi connectivity index (χ0v) is 14.6. The summed E-state index contributed by atoms with van der Waals surface area (Å²) in [4.78, 5) is 33.9. The van der Waals surface area contributed by atoms with Gasteiger partial charge in [0.05, 0.1) is 11.4 Å². The first-order valence-electron chi connectivity index (χ1n) is 8.14. The molecule has 0 aromatic carbocycles. The summed E-state index contributed by atoms with van der Waals surface area (Å²) >= 11 is 0. The lowest BCUT2D eigenvalue weighted by Gasteiger charge is -2.19. The lowest BCUT2D eigenvalue weighted by molar-refractivity contribution is -0.126. The van der Waals surface area contributed by atoms with Crippen molar-refractivity contribution in [2.45, 2.75) is 32.4 Å². The Hall–Kier alpha value is -3.34. The van der Waals surface area contributed by atoms with Crippen molar-refractivity contribution in [1.29, 1.82) is 0 Å². The third-order valence-electron chi connectivity index (χ3n) is 4.65. The molecule has 3 rings (SSSR count). The Morgan fingerprint density at radius 2 is 2.19 bits per heavy atom. The Balaban J connectivity index is 2.26.